The van der Waals surface area contributed by atoms with E-state index in [2.05, 4.69) is 26.6 Å². The number of nitrogens with one attached hydrogen (secondary N) is 5. The van der Waals surface area contributed by atoms with Gasteiger partial charge in [-0.2, -0.15) is 0 Å². The third-order valence-electron chi connectivity index (χ3n) is 8.63. The van der Waals surface area contributed by atoms with Gasteiger partial charge in [-0.3, -0.25) is 28.8 Å². The van der Waals surface area contributed by atoms with Crippen molar-refractivity contribution in [3.8, 4) is 0 Å². The van der Waals surface area contributed by atoms with Gasteiger partial charge in [0.05, 0.1) is 18.8 Å². The number of hydrogen-bond donors (Lipinski definition) is 9. The second-order valence-electron chi connectivity index (χ2n) is 14.0. The van der Waals surface area contributed by atoms with Crippen molar-refractivity contribution in [2.75, 3.05) is 13.1 Å². The van der Waals surface area contributed by atoms with E-state index in [0.29, 0.717) is 12.0 Å². The number of aliphatic hydroxyl groups excluding tert-OH is 2. The molecule has 52 heavy (non-hydrogen) atoms. The molecule has 10 N–H and O–H groups in total. The largest absolute Gasteiger partial charge is 0.480 e. The number of benzene rings is 1. The SMILES string of the molecule is CC(C)C[C@H](NC(=O)[C@@H](NC(=O)[C@@H](N)[C@@H](C)O)C(C)C)C(=O)NCC(=O)N[C@H](C(=O)N[C@@H](Cc1ccccc1)C(=O)N1CCC[C@H]1C(=O)O)[C@@H](C)O. The molecule has 1 aliphatic heterocycles. The lowest BCUT2D eigenvalue weighted by atomic mass is 9.99. The zero-order valence-electron chi connectivity index (χ0n) is 30.6. The molecule has 6 amide bonds. The van der Waals surface area contributed by atoms with Gasteiger partial charge < -0.3 is 52.5 Å². The Hall–Kier alpha value is -4.61. The lowest BCUT2D eigenvalue weighted by molar-refractivity contribution is -0.149. The van der Waals surface area contributed by atoms with Crippen molar-refractivity contribution < 1.29 is 48.9 Å². The lowest BCUT2D eigenvalue weighted by Gasteiger charge is -2.29. The van der Waals surface area contributed by atoms with Crippen molar-refractivity contribution in [2.45, 2.75) is 116 Å². The van der Waals surface area contributed by atoms with Crippen LogP contribution in [0.15, 0.2) is 30.3 Å². The quantitative estimate of drug-likeness (QED) is 0.0762. The zero-order valence-corrected chi connectivity index (χ0v) is 30.6. The molecule has 0 radical (unpaired) electrons. The van der Waals surface area contributed by atoms with Gasteiger partial charge in [-0.15, -0.1) is 0 Å². The number of likely N-dealkylation sites (tertiary alicyclic amines) is 1. The van der Waals surface area contributed by atoms with E-state index < -0.39 is 102 Å². The van der Waals surface area contributed by atoms with Gasteiger partial charge in [0.25, 0.3) is 0 Å². The van der Waals surface area contributed by atoms with Crippen LogP contribution in [0.3, 0.4) is 0 Å². The third-order valence-corrected chi connectivity index (χ3v) is 8.63. The molecule has 17 nitrogen and oxygen atoms in total. The molecule has 0 unspecified atom stereocenters. The van der Waals surface area contributed by atoms with Crippen LogP contribution in [0.2, 0.25) is 0 Å². The highest BCUT2D eigenvalue weighted by Crippen LogP contribution is 2.20. The van der Waals surface area contributed by atoms with Crippen LogP contribution in [0, 0.1) is 11.8 Å². The standard InChI is InChI=1S/C35H55N7O10/c1-18(2)15-23(38-32(48)28(19(3)4)41-31(47)27(36)20(5)43)30(46)37-17-26(45)40-29(21(6)44)33(49)39-24(16-22-11-8-7-9-12-22)34(50)42-14-10-13-25(42)35(51)52/h7-9,11-12,18-21,23-25,27-29,43-44H,10,13-17,36H2,1-6H3,(H,37,46)(H,38,48)(H,39,49)(H,40,45)(H,41,47)(H,51,52)/t20-,21-,23+,24+,25+,27+,28+,29+/m1/s1. The first-order chi connectivity index (χ1) is 24.3. The van der Waals surface area contributed by atoms with Crippen molar-refractivity contribution >= 4 is 41.4 Å². The number of carbonyl (C=O) groups is 7. The van der Waals surface area contributed by atoms with Crippen molar-refractivity contribution in [2.24, 2.45) is 17.6 Å². The summed E-state index contributed by atoms with van der Waals surface area (Å²) in [7, 11) is 0. The summed E-state index contributed by atoms with van der Waals surface area (Å²) >= 11 is 0. The fourth-order valence-electron chi connectivity index (χ4n) is 5.69. The normalized spacial score (nSPS) is 18.3. The maximum atomic E-state index is 13.6. The molecule has 0 aliphatic carbocycles. The summed E-state index contributed by atoms with van der Waals surface area (Å²) in [6.07, 6.45) is -1.69. The maximum absolute atomic E-state index is 13.6. The highest BCUT2D eigenvalue weighted by atomic mass is 16.4. The molecule has 0 aromatic heterocycles. The van der Waals surface area contributed by atoms with E-state index in [4.69, 9.17) is 5.73 Å². The molecule has 1 aliphatic rings. The summed E-state index contributed by atoms with van der Waals surface area (Å²) in [5.41, 5.74) is 6.38. The Kier molecular flexibility index (Phi) is 17.1. The molecule has 1 aromatic carbocycles. The first-order valence-corrected chi connectivity index (χ1v) is 17.5. The fraction of sp³-hybridized carbons (Fsp3) is 0.629. The van der Waals surface area contributed by atoms with Crippen molar-refractivity contribution in [1.29, 1.82) is 0 Å². The van der Waals surface area contributed by atoms with E-state index in [0.717, 1.165) is 0 Å². The fourth-order valence-corrected chi connectivity index (χ4v) is 5.69. The van der Waals surface area contributed by atoms with Crippen LogP contribution in [0.1, 0.15) is 66.4 Å². The molecular formula is C35H55N7O10. The summed E-state index contributed by atoms with van der Waals surface area (Å²) in [6, 6.07) is 1.43. The van der Waals surface area contributed by atoms with E-state index in [1.54, 1.807) is 44.2 Å². The van der Waals surface area contributed by atoms with Gasteiger partial charge in [-0.05, 0) is 50.5 Å². The topological polar surface area (TPSA) is 270 Å². The second kappa shape index (κ2) is 20.4. The third kappa shape index (κ3) is 13.2. The van der Waals surface area contributed by atoms with Crippen molar-refractivity contribution in [3.63, 3.8) is 0 Å². The number of nitrogens with two attached hydrogens (primary N) is 1. The molecule has 17 heteroatoms. The number of aliphatic hydroxyl groups is 2. The van der Waals surface area contributed by atoms with Gasteiger partial charge in [0.1, 0.15) is 36.3 Å². The number of carboxylic acids is 1. The molecular weight excluding hydrogens is 678 g/mol. The first kappa shape index (κ1) is 43.6. The number of amides is 6. The molecule has 1 saturated heterocycles. The average molecular weight is 734 g/mol. The van der Waals surface area contributed by atoms with Crippen LogP contribution in [-0.4, -0.2) is 123 Å². The molecule has 1 aromatic rings. The van der Waals surface area contributed by atoms with Gasteiger partial charge in [0.2, 0.25) is 35.4 Å². The van der Waals surface area contributed by atoms with E-state index in [1.165, 1.54) is 18.7 Å². The van der Waals surface area contributed by atoms with Gasteiger partial charge in [-0.25, -0.2) is 4.79 Å². The summed E-state index contributed by atoms with van der Waals surface area (Å²) in [4.78, 5) is 91.9. The Morgan fingerprint density at radius 3 is 1.92 bits per heavy atom. The summed E-state index contributed by atoms with van der Waals surface area (Å²) < 4.78 is 0. The number of hydrogen-bond acceptors (Lipinski definition) is 10. The molecule has 0 saturated carbocycles. The van der Waals surface area contributed by atoms with Gasteiger partial charge in [0, 0.05) is 13.0 Å². The Labute approximate surface area is 303 Å². The van der Waals surface area contributed by atoms with Crippen LogP contribution in [-0.2, 0) is 40.0 Å². The Morgan fingerprint density at radius 1 is 0.788 bits per heavy atom. The van der Waals surface area contributed by atoms with E-state index in [1.807, 2.05) is 13.8 Å². The highest BCUT2D eigenvalue weighted by molar-refractivity contribution is 5.96. The molecule has 1 fully saturated rings. The maximum Gasteiger partial charge on any atom is 0.326 e. The van der Waals surface area contributed by atoms with Crippen molar-refractivity contribution in [1.82, 2.24) is 31.5 Å². The smallest absolute Gasteiger partial charge is 0.326 e. The molecule has 0 bridgehead atoms. The minimum Gasteiger partial charge on any atom is -0.480 e. The van der Waals surface area contributed by atoms with Crippen LogP contribution in [0.25, 0.3) is 0 Å². The van der Waals surface area contributed by atoms with Crippen LogP contribution < -0.4 is 32.3 Å². The van der Waals surface area contributed by atoms with Crippen LogP contribution >= 0.6 is 0 Å². The molecule has 290 valence electrons. The van der Waals surface area contributed by atoms with Crippen LogP contribution in [0.5, 0.6) is 0 Å². The zero-order chi connectivity index (χ0) is 39.3. The molecule has 0 spiro atoms. The summed E-state index contributed by atoms with van der Waals surface area (Å²) in [5, 5.41) is 42.2. The van der Waals surface area contributed by atoms with Crippen LogP contribution in [0.4, 0.5) is 0 Å². The highest BCUT2D eigenvalue weighted by Gasteiger charge is 2.39. The second-order valence-corrected chi connectivity index (χ2v) is 14.0. The summed E-state index contributed by atoms with van der Waals surface area (Å²) in [6.45, 7) is 9.11. The molecule has 8 atom stereocenters. The monoisotopic (exact) mass is 733 g/mol. The number of rotatable bonds is 19. The predicted octanol–water partition coefficient (Wildman–Crippen LogP) is -1.85. The van der Waals surface area contributed by atoms with E-state index >= 15 is 0 Å². The Balaban J connectivity index is 2.13. The van der Waals surface area contributed by atoms with Crippen molar-refractivity contribution in [3.05, 3.63) is 35.9 Å². The first-order valence-electron chi connectivity index (χ1n) is 17.5. The van der Waals surface area contributed by atoms with E-state index in [9.17, 15) is 48.9 Å². The van der Waals surface area contributed by atoms with Gasteiger partial charge in [-0.1, -0.05) is 58.0 Å². The molecule has 1 heterocycles. The predicted molar refractivity (Wildman–Crippen MR) is 189 cm³/mol. The number of aliphatic carboxylic acids is 1. The summed E-state index contributed by atoms with van der Waals surface area (Å²) in [5.74, 6) is -6.20. The lowest BCUT2D eigenvalue weighted by Crippen LogP contribution is -2.60. The minimum absolute atomic E-state index is 0.0163. The van der Waals surface area contributed by atoms with Gasteiger partial charge >= 0.3 is 5.97 Å². The Morgan fingerprint density at radius 2 is 1.38 bits per heavy atom. The molecule has 2 rings (SSSR count). The number of nitrogens with zero attached hydrogens (tertiary/aromatic N) is 1. The Bertz CT molecular complexity index is 1410. The average Bonchev–Trinajstić information content (AvgIpc) is 3.57. The van der Waals surface area contributed by atoms with E-state index in [-0.39, 0.29) is 31.7 Å². The number of carbonyl (C=O) groups excluding carboxylic acids is 6. The minimum atomic E-state index is -1.56. The van der Waals surface area contributed by atoms with Gasteiger partial charge in [0.15, 0.2) is 0 Å². The number of carboxylic acid groups (broad SMARTS) is 1.